The molecule has 0 aliphatic heterocycles. The summed E-state index contributed by atoms with van der Waals surface area (Å²) in [7, 11) is 0. The Hall–Kier alpha value is -2.40. The number of anilines is 1. The fourth-order valence-corrected chi connectivity index (χ4v) is 2.35. The van der Waals surface area contributed by atoms with Crippen molar-refractivity contribution in [2.75, 3.05) is 5.32 Å². The first-order valence-corrected chi connectivity index (χ1v) is 8.22. The maximum atomic E-state index is 12.3. The van der Waals surface area contributed by atoms with Crippen molar-refractivity contribution in [3.63, 3.8) is 0 Å². The minimum atomic E-state index is -0.273. The zero-order chi connectivity index (χ0) is 17.7. The van der Waals surface area contributed by atoms with Gasteiger partial charge in [-0.25, -0.2) is 0 Å². The van der Waals surface area contributed by atoms with Gasteiger partial charge in [0, 0.05) is 11.3 Å². The van der Waals surface area contributed by atoms with Crippen LogP contribution in [0.2, 0.25) is 0 Å². The van der Waals surface area contributed by atoms with Gasteiger partial charge in [-0.3, -0.25) is 10.1 Å². The number of thiocarbonyl (C=S) groups is 1. The third kappa shape index (κ3) is 5.06. The maximum absolute atomic E-state index is 12.3. The first-order chi connectivity index (χ1) is 11.3. The zero-order valence-corrected chi connectivity index (χ0v) is 15.2. The van der Waals surface area contributed by atoms with Crippen LogP contribution < -0.4 is 15.4 Å². The van der Waals surface area contributed by atoms with E-state index in [0.29, 0.717) is 11.3 Å². The monoisotopic (exact) mass is 342 g/mol. The Balaban J connectivity index is 2.00. The van der Waals surface area contributed by atoms with E-state index < -0.39 is 0 Å². The molecule has 0 atom stereocenters. The maximum Gasteiger partial charge on any atom is 0.257 e. The molecule has 0 aliphatic carbocycles. The highest BCUT2D eigenvalue weighted by Crippen LogP contribution is 2.16. The standard InChI is InChI=1S/C19H22N2O2S/c1-12(2)23-17-7-5-6-15(11-17)18(22)21-19(24)20-16-9-8-13(3)14(4)10-16/h5-12H,1-4H3,(H2,20,21,22,24). The number of hydrogen-bond acceptors (Lipinski definition) is 3. The highest BCUT2D eigenvalue weighted by molar-refractivity contribution is 7.80. The van der Waals surface area contributed by atoms with Crippen LogP contribution in [0, 0.1) is 13.8 Å². The Labute approximate surface area is 148 Å². The minimum absolute atomic E-state index is 0.0517. The summed E-state index contributed by atoms with van der Waals surface area (Å²) in [5.74, 6) is 0.385. The number of ether oxygens (including phenoxy) is 1. The molecule has 0 unspecified atom stereocenters. The topological polar surface area (TPSA) is 50.4 Å². The van der Waals surface area contributed by atoms with Gasteiger partial charge < -0.3 is 10.1 Å². The summed E-state index contributed by atoms with van der Waals surface area (Å²) in [4.78, 5) is 12.3. The first-order valence-electron chi connectivity index (χ1n) is 7.81. The molecule has 2 aromatic rings. The van der Waals surface area contributed by atoms with Gasteiger partial charge in [-0.05, 0) is 81.4 Å². The van der Waals surface area contributed by atoms with Crippen LogP contribution in [0.1, 0.15) is 35.3 Å². The van der Waals surface area contributed by atoms with Crippen LogP contribution >= 0.6 is 12.2 Å². The molecule has 2 N–H and O–H groups in total. The van der Waals surface area contributed by atoms with Crippen molar-refractivity contribution in [1.82, 2.24) is 5.32 Å². The third-order valence-electron chi connectivity index (χ3n) is 3.46. The minimum Gasteiger partial charge on any atom is -0.491 e. The number of nitrogens with one attached hydrogen (secondary N) is 2. The Morgan fingerprint density at radius 2 is 1.83 bits per heavy atom. The molecule has 2 rings (SSSR count). The summed E-state index contributed by atoms with van der Waals surface area (Å²) in [5.41, 5.74) is 3.71. The van der Waals surface area contributed by atoms with Crippen molar-refractivity contribution in [2.24, 2.45) is 0 Å². The Morgan fingerprint density at radius 1 is 1.08 bits per heavy atom. The van der Waals surface area contributed by atoms with Gasteiger partial charge in [-0.1, -0.05) is 12.1 Å². The van der Waals surface area contributed by atoms with E-state index in [2.05, 4.69) is 10.6 Å². The number of rotatable bonds is 4. The van der Waals surface area contributed by atoms with E-state index in [-0.39, 0.29) is 17.1 Å². The second-order valence-electron chi connectivity index (χ2n) is 5.90. The van der Waals surface area contributed by atoms with Crippen LogP contribution in [-0.2, 0) is 0 Å². The second-order valence-corrected chi connectivity index (χ2v) is 6.31. The zero-order valence-electron chi connectivity index (χ0n) is 14.3. The number of carbonyl (C=O) groups is 1. The van der Waals surface area contributed by atoms with Crippen LogP contribution in [-0.4, -0.2) is 17.1 Å². The molecule has 0 spiro atoms. The fraction of sp³-hybridized carbons (Fsp3) is 0.263. The lowest BCUT2D eigenvalue weighted by Gasteiger charge is -2.13. The molecule has 0 radical (unpaired) electrons. The number of benzene rings is 2. The normalized spacial score (nSPS) is 10.4. The molecule has 0 bridgehead atoms. The summed E-state index contributed by atoms with van der Waals surface area (Å²) < 4.78 is 5.60. The largest absolute Gasteiger partial charge is 0.491 e. The average Bonchev–Trinajstić information content (AvgIpc) is 2.50. The number of amides is 1. The lowest BCUT2D eigenvalue weighted by atomic mass is 10.1. The van der Waals surface area contributed by atoms with Crippen molar-refractivity contribution in [3.8, 4) is 5.75 Å². The SMILES string of the molecule is Cc1ccc(NC(=S)NC(=O)c2cccc(OC(C)C)c2)cc1C. The average molecular weight is 342 g/mol. The molecule has 5 heteroatoms. The van der Waals surface area contributed by atoms with Crippen molar-refractivity contribution in [2.45, 2.75) is 33.8 Å². The molecule has 0 saturated carbocycles. The number of aryl methyl sites for hydroxylation is 2. The van der Waals surface area contributed by atoms with Crippen LogP contribution in [0.4, 0.5) is 5.69 Å². The van der Waals surface area contributed by atoms with E-state index in [1.54, 1.807) is 18.2 Å². The van der Waals surface area contributed by atoms with Gasteiger partial charge in [0.05, 0.1) is 6.10 Å². The van der Waals surface area contributed by atoms with Gasteiger partial charge in [-0.15, -0.1) is 0 Å². The highest BCUT2D eigenvalue weighted by atomic mass is 32.1. The lowest BCUT2D eigenvalue weighted by Crippen LogP contribution is -2.34. The molecular weight excluding hydrogens is 320 g/mol. The predicted octanol–water partition coefficient (Wildman–Crippen LogP) is 4.22. The molecule has 2 aromatic carbocycles. The molecule has 1 amide bonds. The first kappa shape index (κ1) is 17.9. The number of hydrogen-bond donors (Lipinski definition) is 2. The number of carbonyl (C=O) groups excluding carboxylic acids is 1. The van der Waals surface area contributed by atoms with Crippen molar-refractivity contribution in [1.29, 1.82) is 0 Å². The molecule has 0 aromatic heterocycles. The van der Waals surface area contributed by atoms with E-state index >= 15 is 0 Å². The van der Waals surface area contributed by atoms with E-state index in [0.717, 1.165) is 11.3 Å². The fourth-order valence-electron chi connectivity index (χ4n) is 2.14. The van der Waals surface area contributed by atoms with E-state index in [4.69, 9.17) is 17.0 Å². The van der Waals surface area contributed by atoms with Crippen LogP contribution in [0.15, 0.2) is 42.5 Å². The molecular formula is C19H22N2O2S. The molecule has 4 nitrogen and oxygen atoms in total. The van der Waals surface area contributed by atoms with Gasteiger partial charge in [-0.2, -0.15) is 0 Å². The van der Waals surface area contributed by atoms with Gasteiger partial charge in [0.25, 0.3) is 5.91 Å². The van der Waals surface area contributed by atoms with Gasteiger partial charge >= 0.3 is 0 Å². The molecule has 0 heterocycles. The molecule has 126 valence electrons. The van der Waals surface area contributed by atoms with Gasteiger partial charge in [0.1, 0.15) is 5.75 Å². The smallest absolute Gasteiger partial charge is 0.257 e. The van der Waals surface area contributed by atoms with E-state index in [1.165, 1.54) is 5.56 Å². The Morgan fingerprint density at radius 3 is 2.50 bits per heavy atom. The van der Waals surface area contributed by atoms with Crippen LogP contribution in [0.5, 0.6) is 5.75 Å². The molecule has 0 saturated heterocycles. The quantitative estimate of drug-likeness (QED) is 0.817. The second kappa shape index (κ2) is 7.93. The summed E-state index contributed by atoms with van der Waals surface area (Å²) in [6.07, 6.45) is 0.0517. The highest BCUT2D eigenvalue weighted by Gasteiger charge is 2.10. The summed E-state index contributed by atoms with van der Waals surface area (Å²) in [6, 6.07) is 13.0. The van der Waals surface area contributed by atoms with E-state index in [1.807, 2.05) is 52.0 Å². The van der Waals surface area contributed by atoms with Crippen LogP contribution in [0.25, 0.3) is 0 Å². The summed E-state index contributed by atoms with van der Waals surface area (Å²) in [6.45, 7) is 7.96. The van der Waals surface area contributed by atoms with Gasteiger partial charge in [0.2, 0.25) is 0 Å². The molecule has 0 fully saturated rings. The molecule has 24 heavy (non-hydrogen) atoms. The van der Waals surface area contributed by atoms with E-state index in [9.17, 15) is 4.79 Å². The van der Waals surface area contributed by atoms with Gasteiger partial charge in [0.15, 0.2) is 5.11 Å². The third-order valence-corrected chi connectivity index (χ3v) is 3.66. The summed E-state index contributed by atoms with van der Waals surface area (Å²) in [5, 5.41) is 5.97. The molecule has 0 aliphatic rings. The predicted molar refractivity (Wildman–Crippen MR) is 102 cm³/mol. The van der Waals surface area contributed by atoms with Crippen molar-refractivity contribution >= 4 is 28.9 Å². The lowest BCUT2D eigenvalue weighted by molar-refractivity contribution is 0.0977. The van der Waals surface area contributed by atoms with Crippen molar-refractivity contribution < 1.29 is 9.53 Å². The summed E-state index contributed by atoms with van der Waals surface area (Å²) >= 11 is 5.22. The Kier molecular flexibility index (Phi) is 5.93. The Bertz CT molecular complexity index is 757. The van der Waals surface area contributed by atoms with Crippen LogP contribution in [0.3, 0.4) is 0 Å². The van der Waals surface area contributed by atoms with Crippen molar-refractivity contribution in [3.05, 3.63) is 59.2 Å².